The molecule has 1 atom stereocenters. The van der Waals surface area contributed by atoms with Crippen LogP contribution in [0.5, 0.6) is 0 Å². The molecule has 0 aromatic carbocycles. The molecule has 0 spiro atoms. The molecule has 21 heavy (non-hydrogen) atoms. The first-order valence-corrected chi connectivity index (χ1v) is 8.10. The van der Waals surface area contributed by atoms with E-state index >= 15 is 0 Å². The van der Waals surface area contributed by atoms with Crippen LogP contribution in [0.2, 0.25) is 0 Å². The van der Waals surface area contributed by atoms with Gasteiger partial charge in [0, 0.05) is 37.1 Å². The number of pyridine rings is 1. The van der Waals surface area contributed by atoms with Crippen molar-refractivity contribution in [3.05, 3.63) is 24.0 Å². The predicted molar refractivity (Wildman–Crippen MR) is 90.6 cm³/mol. The maximum absolute atomic E-state index is 4.49. The Kier molecular flexibility index (Phi) is 4.62. The maximum atomic E-state index is 4.49. The van der Waals surface area contributed by atoms with E-state index in [0.29, 0.717) is 5.41 Å². The number of hydrogen-bond donors (Lipinski definition) is 1. The Hall–Kier alpha value is -1.09. The van der Waals surface area contributed by atoms with E-state index < -0.39 is 0 Å². The highest BCUT2D eigenvalue weighted by molar-refractivity contribution is 5.47. The van der Waals surface area contributed by atoms with Crippen LogP contribution < -0.4 is 10.2 Å². The number of anilines is 1. The summed E-state index contributed by atoms with van der Waals surface area (Å²) in [5.41, 5.74) is 2.98. The largest absolute Gasteiger partial charge is 0.371 e. The molecular weight excluding hydrogens is 258 g/mol. The Morgan fingerprint density at radius 2 is 1.95 bits per heavy atom. The molecule has 0 radical (unpaired) electrons. The molecule has 1 aromatic rings. The topological polar surface area (TPSA) is 28.2 Å². The molecule has 1 saturated heterocycles. The van der Waals surface area contributed by atoms with Gasteiger partial charge in [0.05, 0.1) is 5.69 Å². The summed E-state index contributed by atoms with van der Waals surface area (Å²) >= 11 is 0. The van der Waals surface area contributed by atoms with Gasteiger partial charge >= 0.3 is 0 Å². The van der Waals surface area contributed by atoms with Gasteiger partial charge in [-0.3, -0.25) is 4.98 Å². The van der Waals surface area contributed by atoms with Gasteiger partial charge in [-0.15, -0.1) is 0 Å². The molecule has 1 aliphatic rings. The van der Waals surface area contributed by atoms with E-state index in [1.165, 1.54) is 18.7 Å². The summed E-state index contributed by atoms with van der Waals surface area (Å²) in [6, 6.07) is 4.38. The highest BCUT2D eigenvalue weighted by Crippen LogP contribution is 2.35. The lowest BCUT2D eigenvalue weighted by atomic mass is 9.80. The van der Waals surface area contributed by atoms with Gasteiger partial charge in [-0.2, -0.15) is 0 Å². The van der Waals surface area contributed by atoms with Crippen molar-refractivity contribution in [1.82, 2.24) is 10.3 Å². The molecule has 1 aliphatic heterocycles. The van der Waals surface area contributed by atoms with Gasteiger partial charge in [-0.1, -0.05) is 20.8 Å². The zero-order valence-electron chi connectivity index (χ0n) is 14.5. The molecule has 0 amide bonds. The van der Waals surface area contributed by atoms with E-state index in [1.807, 2.05) is 6.20 Å². The quantitative estimate of drug-likeness (QED) is 0.916. The van der Waals surface area contributed by atoms with E-state index in [4.69, 9.17) is 0 Å². The average Bonchev–Trinajstić information content (AvgIpc) is 2.85. The Bertz CT molecular complexity index is 468. The van der Waals surface area contributed by atoms with Crippen molar-refractivity contribution < 1.29 is 0 Å². The van der Waals surface area contributed by atoms with E-state index in [0.717, 1.165) is 24.7 Å². The number of nitrogens with one attached hydrogen (secondary N) is 1. The summed E-state index contributed by atoms with van der Waals surface area (Å²) in [7, 11) is 0. The van der Waals surface area contributed by atoms with E-state index in [1.54, 1.807) is 0 Å². The third kappa shape index (κ3) is 4.70. The lowest BCUT2D eigenvalue weighted by molar-refractivity contribution is 0.263. The highest BCUT2D eigenvalue weighted by atomic mass is 15.2. The predicted octanol–water partition coefficient (Wildman–Crippen LogP) is 3.84. The fourth-order valence-electron chi connectivity index (χ4n) is 2.82. The minimum absolute atomic E-state index is 0.128. The Morgan fingerprint density at radius 1 is 1.24 bits per heavy atom. The second kappa shape index (κ2) is 5.96. The zero-order chi connectivity index (χ0) is 15.7. The van der Waals surface area contributed by atoms with Crippen molar-refractivity contribution in [3.8, 4) is 0 Å². The van der Waals surface area contributed by atoms with Crippen molar-refractivity contribution in [2.24, 2.45) is 11.3 Å². The van der Waals surface area contributed by atoms with Crippen LogP contribution in [0.4, 0.5) is 5.69 Å². The van der Waals surface area contributed by atoms with Crippen molar-refractivity contribution in [1.29, 1.82) is 0 Å². The molecule has 3 heteroatoms. The summed E-state index contributed by atoms with van der Waals surface area (Å²) in [6.45, 7) is 16.8. The van der Waals surface area contributed by atoms with Gasteiger partial charge in [-0.05, 0) is 50.7 Å². The average molecular weight is 289 g/mol. The standard InChI is InChI=1S/C18H31N3/c1-17(2,3)14-8-10-21(13-14)16-7-9-19-15(11-16)12-20-18(4,5)6/h7,9,11,14,20H,8,10,12-13H2,1-6H3. The molecule has 118 valence electrons. The first-order valence-electron chi connectivity index (χ1n) is 8.10. The smallest absolute Gasteiger partial charge is 0.0562 e. The van der Waals surface area contributed by atoms with Crippen molar-refractivity contribution in [2.45, 2.75) is 60.0 Å². The Balaban J connectivity index is 2.02. The van der Waals surface area contributed by atoms with E-state index in [-0.39, 0.29) is 5.54 Å². The van der Waals surface area contributed by atoms with Crippen molar-refractivity contribution >= 4 is 5.69 Å². The number of hydrogen-bond acceptors (Lipinski definition) is 3. The normalized spacial score (nSPS) is 20.1. The van der Waals surface area contributed by atoms with Crippen LogP contribution >= 0.6 is 0 Å². The van der Waals surface area contributed by atoms with Gasteiger partial charge in [0.1, 0.15) is 0 Å². The molecule has 2 rings (SSSR count). The van der Waals surface area contributed by atoms with Crippen LogP contribution in [-0.2, 0) is 6.54 Å². The van der Waals surface area contributed by atoms with Gasteiger partial charge in [0.15, 0.2) is 0 Å². The molecule has 1 N–H and O–H groups in total. The fourth-order valence-corrected chi connectivity index (χ4v) is 2.82. The van der Waals surface area contributed by atoms with E-state index in [2.05, 4.69) is 68.9 Å². The van der Waals surface area contributed by atoms with Crippen molar-refractivity contribution in [3.63, 3.8) is 0 Å². The summed E-state index contributed by atoms with van der Waals surface area (Å²) in [5.74, 6) is 0.779. The van der Waals surface area contributed by atoms with E-state index in [9.17, 15) is 0 Å². The highest BCUT2D eigenvalue weighted by Gasteiger charge is 2.31. The lowest BCUT2D eigenvalue weighted by Crippen LogP contribution is -2.35. The van der Waals surface area contributed by atoms with Gasteiger partial charge < -0.3 is 10.2 Å². The SMILES string of the molecule is CC(C)(C)NCc1cc(N2CCC(C(C)(C)C)C2)ccn1. The van der Waals surface area contributed by atoms with Crippen molar-refractivity contribution in [2.75, 3.05) is 18.0 Å². The molecule has 0 bridgehead atoms. The van der Waals surface area contributed by atoms with Crippen LogP contribution in [0.15, 0.2) is 18.3 Å². The summed E-state index contributed by atoms with van der Waals surface area (Å²) < 4.78 is 0. The first kappa shape index (κ1) is 16.3. The third-order valence-corrected chi connectivity index (χ3v) is 4.38. The minimum atomic E-state index is 0.128. The first-order chi connectivity index (χ1) is 9.65. The fraction of sp³-hybridized carbons (Fsp3) is 0.722. The second-order valence-electron chi connectivity index (χ2n) is 8.41. The summed E-state index contributed by atoms with van der Waals surface area (Å²) in [6.07, 6.45) is 3.24. The molecular formula is C18H31N3. The Morgan fingerprint density at radius 3 is 2.52 bits per heavy atom. The van der Waals surface area contributed by atoms with Crippen LogP contribution in [-0.4, -0.2) is 23.6 Å². The van der Waals surface area contributed by atoms with Gasteiger partial charge in [0.2, 0.25) is 0 Å². The monoisotopic (exact) mass is 289 g/mol. The van der Waals surface area contributed by atoms with Crippen LogP contribution in [0.25, 0.3) is 0 Å². The molecule has 3 nitrogen and oxygen atoms in total. The molecule has 2 heterocycles. The number of nitrogens with zero attached hydrogens (tertiary/aromatic N) is 2. The van der Waals surface area contributed by atoms with Gasteiger partial charge in [-0.25, -0.2) is 0 Å². The van der Waals surface area contributed by atoms with Crippen LogP contribution in [0, 0.1) is 11.3 Å². The molecule has 1 fully saturated rings. The van der Waals surface area contributed by atoms with Crippen LogP contribution in [0.3, 0.4) is 0 Å². The summed E-state index contributed by atoms with van der Waals surface area (Å²) in [5, 5.41) is 3.51. The minimum Gasteiger partial charge on any atom is -0.371 e. The number of rotatable bonds is 3. The van der Waals surface area contributed by atoms with Crippen LogP contribution in [0.1, 0.15) is 53.7 Å². The maximum Gasteiger partial charge on any atom is 0.0562 e. The second-order valence-corrected chi connectivity index (χ2v) is 8.41. The molecule has 1 aromatic heterocycles. The molecule has 0 saturated carbocycles. The Labute approximate surface area is 130 Å². The lowest BCUT2D eigenvalue weighted by Gasteiger charge is -2.27. The molecule has 0 aliphatic carbocycles. The molecule has 1 unspecified atom stereocenters. The number of aromatic nitrogens is 1. The zero-order valence-corrected chi connectivity index (χ0v) is 14.5. The van der Waals surface area contributed by atoms with Gasteiger partial charge in [0.25, 0.3) is 0 Å². The summed E-state index contributed by atoms with van der Waals surface area (Å²) in [4.78, 5) is 7.00. The third-order valence-electron chi connectivity index (χ3n) is 4.38.